The Morgan fingerprint density at radius 3 is 2.46 bits per heavy atom. The molecule has 0 amide bonds. The number of nitrogens with one attached hydrogen (secondary N) is 1. The van der Waals surface area contributed by atoms with Gasteiger partial charge in [-0.2, -0.15) is 0 Å². The molecule has 1 aromatic heterocycles. The smallest absolute Gasteiger partial charge is 0.317 e. The van der Waals surface area contributed by atoms with E-state index in [-0.39, 0.29) is 18.4 Å². The minimum atomic E-state index is -0.723. The van der Waals surface area contributed by atoms with Gasteiger partial charge >= 0.3 is 5.97 Å². The summed E-state index contributed by atoms with van der Waals surface area (Å²) < 4.78 is 16.8. The zero-order valence-corrected chi connectivity index (χ0v) is 16.3. The van der Waals surface area contributed by atoms with E-state index in [1.54, 1.807) is 6.07 Å². The van der Waals surface area contributed by atoms with E-state index in [9.17, 15) is 9.59 Å². The highest BCUT2D eigenvalue weighted by Crippen LogP contribution is 2.45. The van der Waals surface area contributed by atoms with Crippen LogP contribution < -0.4 is 9.47 Å². The second kappa shape index (κ2) is 7.34. The van der Waals surface area contributed by atoms with E-state index in [1.165, 1.54) is 0 Å². The molecule has 148 valence electrons. The maximum atomic E-state index is 13.1. The highest BCUT2D eigenvalue weighted by molar-refractivity contribution is 5.99. The molecule has 1 fully saturated rings. The van der Waals surface area contributed by atoms with Gasteiger partial charge in [0.2, 0.25) is 5.78 Å². The summed E-state index contributed by atoms with van der Waals surface area (Å²) in [5.41, 5.74) is 2.43. The number of rotatable bonds is 5. The summed E-state index contributed by atoms with van der Waals surface area (Å²) in [7, 11) is 0. The van der Waals surface area contributed by atoms with Crippen molar-refractivity contribution >= 4 is 11.8 Å². The Hall–Kier alpha value is -2.76. The van der Waals surface area contributed by atoms with Crippen molar-refractivity contribution < 1.29 is 23.8 Å². The van der Waals surface area contributed by atoms with Gasteiger partial charge in [-0.05, 0) is 50.5 Å². The van der Waals surface area contributed by atoms with Crippen molar-refractivity contribution in [2.45, 2.75) is 44.9 Å². The minimum Gasteiger partial charge on any atom is -0.486 e. The van der Waals surface area contributed by atoms with Crippen LogP contribution in [0.4, 0.5) is 0 Å². The Bertz CT molecular complexity index is 908. The molecule has 1 N–H and O–H groups in total. The maximum absolute atomic E-state index is 13.1. The first kappa shape index (κ1) is 18.6. The third-order valence-corrected chi connectivity index (χ3v) is 5.73. The summed E-state index contributed by atoms with van der Waals surface area (Å²) in [5.74, 6) is 0.841. The van der Waals surface area contributed by atoms with Crippen molar-refractivity contribution in [1.29, 1.82) is 0 Å². The molecule has 2 aliphatic rings. The number of carbonyl (C=O) groups is 2. The molecule has 0 saturated heterocycles. The summed E-state index contributed by atoms with van der Waals surface area (Å²) >= 11 is 0. The average Bonchev–Trinajstić information content (AvgIpc) is 3.32. The summed E-state index contributed by atoms with van der Waals surface area (Å²) in [4.78, 5) is 28.7. The number of carbonyl (C=O) groups excluding carboxylic acids is 2. The Balaban J connectivity index is 1.53. The molecule has 1 aliphatic heterocycles. The molecule has 6 nitrogen and oxygen atoms in total. The van der Waals surface area contributed by atoms with Gasteiger partial charge < -0.3 is 19.2 Å². The van der Waals surface area contributed by atoms with Crippen LogP contribution in [0.1, 0.15) is 53.0 Å². The normalized spacial score (nSPS) is 17.4. The number of ether oxygens (including phenoxy) is 3. The average molecular weight is 383 g/mol. The third kappa shape index (κ3) is 3.28. The Morgan fingerprint density at radius 1 is 1.07 bits per heavy atom. The zero-order valence-electron chi connectivity index (χ0n) is 16.3. The number of H-pyrrole nitrogens is 1. The highest BCUT2D eigenvalue weighted by Gasteiger charge is 2.45. The number of aryl methyl sites for hydroxylation is 2. The van der Waals surface area contributed by atoms with E-state index >= 15 is 0 Å². The number of hydrogen-bond acceptors (Lipinski definition) is 5. The largest absolute Gasteiger partial charge is 0.486 e. The molecule has 0 unspecified atom stereocenters. The van der Waals surface area contributed by atoms with Crippen LogP contribution in [0.3, 0.4) is 0 Å². The van der Waals surface area contributed by atoms with E-state index in [2.05, 4.69) is 4.98 Å². The molecule has 1 saturated carbocycles. The van der Waals surface area contributed by atoms with Gasteiger partial charge in [0.1, 0.15) is 13.2 Å². The summed E-state index contributed by atoms with van der Waals surface area (Å²) in [6.45, 7) is 4.52. The Kier molecular flexibility index (Phi) is 4.87. The van der Waals surface area contributed by atoms with Gasteiger partial charge in [-0.1, -0.05) is 18.9 Å². The van der Waals surface area contributed by atoms with Crippen LogP contribution >= 0.6 is 0 Å². The number of esters is 1. The fourth-order valence-corrected chi connectivity index (χ4v) is 4.29. The quantitative estimate of drug-likeness (QED) is 0.630. The SMILES string of the molecule is Cc1cc(C(=O)COC(=O)C2(c3ccc4c(c3)OCCO4)CCCC2)c(C)[nH]1. The number of aromatic nitrogens is 1. The van der Waals surface area contributed by atoms with Crippen molar-refractivity contribution in [3.63, 3.8) is 0 Å². The molecule has 6 heteroatoms. The lowest BCUT2D eigenvalue weighted by Gasteiger charge is -2.28. The molecule has 0 radical (unpaired) electrons. The Labute approximate surface area is 164 Å². The number of ketones is 1. The number of benzene rings is 1. The van der Waals surface area contributed by atoms with Gasteiger partial charge in [0.15, 0.2) is 18.1 Å². The van der Waals surface area contributed by atoms with E-state index in [0.29, 0.717) is 43.1 Å². The molecule has 0 atom stereocenters. The van der Waals surface area contributed by atoms with Gasteiger partial charge in [-0.25, -0.2) is 0 Å². The molecule has 1 aliphatic carbocycles. The van der Waals surface area contributed by atoms with Gasteiger partial charge in [0.05, 0.1) is 5.41 Å². The van der Waals surface area contributed by atoms with Crippen LogP contribution in [0, 0.1) is 13.8 Å². The molecule has 0 spiro atoms. The topological polar surface area (TPSA) is 77.6 Å². The standard InChI is InChI=1S/C22H25NO5/c1-14-11-17(15(2)23-14)18(24)13-28-21(25)22(7-3-4-8-22)16-5-6-19-20(12-16)27-10-9-26-19/h5-6,11-12,23H,3-4,7-10,13H2,1-2H3. The van der Waals surface area contributed by atoms with Gasteiger partial charge in [0.25, 0.3) is 0 Å². The van der Waals surface area contributed by atoms with E-state index < -0.39 is 5.41 Å². The van der Waals surface area contributed by atoms with Crippen LogP contribution in [-0.2, 0) is 14.9 Å². The third-order valence-electron chi connectivity index (χ3n) is 5.73. The second-order valence-corrected chi connectivity index (χ2v) is 7.64. The molecule has 0 bridgehead atoms. The fraction of sp³-hybridized carbons (Fsp3) is 0.455. The van der Waals surface area contributed by atoms with Crippen LogP contribution in [0.15, 0.2) is 24.3 Å². The monoisotopic (exact) mass is 383 g/mol. The van der Waals surface area contributed by atoms with Crippen molar-refractivity contribution in [1.82, 2.24) is 4.98 Å². The lowest BCUT2D eigenvalue weighted by atomic mass is 9.78. The number of fused-ring (bicyclic) bond motifs is 1. The first-order valence-electron chi connectivity index (χ1n) is 9.76. The van der Waals surface area contributed by atoms with Crippen molar-refractivity contribution in [2.75, 3.05) is 19.8 Å². The Morgan fingerprint density at radius 2 is 1.79 bits per heavy atom. The second-order valence-electron chi connectivity index (χ2n) is 7.64. The molecular formula is C22H25NO5. The van der Waals surface area contributed by atoms with E-state index in [1.807, 2.05) is 32.0 Å². The number of aromatic amines is 1. The first-order valence-corrected chi connectivity index (χ1v) is 9.76. The first-order chi connectivity index (χ1) is 13.5. The lowest BCUT2D eigenvalue weighted by molar-refractivity contribution is -0.149. The number of hydrogen-bond donors (Lipinski definition) is 1. The molecule has 1 aromatic carbocycles. The lowest BCUT2D eigenvalue weighted by Crippen LogP contribution is -2.36. The van der Waals surface area contributed by atoms with Crippen molar-refractivity contribution in [2.24, 2.45) is 0 Å². The summed E-state index contributed by atoms with van der Waals surface area (Å²) in [5, 5.41) is 0. The van der Waals surface area contributed by atoms with Crippen molar-refractivity contribution in [3.8, 4) is 11.5 Å². The molecule has 2 heterocycles. The molecular weight excluding hydrogens is 358 g/mol. The molecule has 28 heavy (non-hydrogen) atoms. The van der Waals surface area contributed by atoms with E-state index in [0.717, 1.165) is 29.8 Å². The van der Waals surface area contributed by atoms with Gasteiger partial charge in [0, 0.05) is 17.0 Å². The fourth-order valence-electron chi connectivity index (χ4n) is 4.29. The summed E-state index contributed by atoms with van der Waals surface area (Å²) in [6, 6.07) is 7.45. The molecule has 4 rings (SSSR count). The minimum absolute atomic E-state index is 0.189. The summed E-state index contributed by atoms with van der Waals surface area (Å²) in [6.07, 6.45) is 3.32. The van der Waals surface area contributed by atoms with Crippen LogP contribution in [-0.4, -0.2) is 36.6 Å². The predicted octanol–water partition coefficient (Wildman–Crippen LogP) is 3.64. The van der Waals surface area contributed by atoms with Crippen LogP contribution in [0.25, 0.3) is 0 Å². The predicted molar refractivity (Wildman–Crippen MR) is 103 cm³/mol. The maximum Gasteiger partial charge on any atom is 0.317 e. The van der Waals surface area contributed by atoms with Gasteiger partial charge in [-0.15, -0.1) is 0 Å². The van der Waals surface area contributed by atoms with Crippen molar-refractivity contribution in [3.05, 3.63) is 46.8 Å². The van der Waals surface area contributed by atoms with Crippen LogP contribution in [0.5, 0.6) is 11.5 Å². The molecule has 2 aromatic rings. The highest BCUT2D eigenvalue weighted by atomic mass is 16.6. The van der Waals surface area contributed by atoms with Gasteiger partial charge in [-0.3, -0.25) is 9.59 Å². The zero-order chi connectivity index (χ0) is 19.7. The van der Waals surface area contributed by atoms with E-state index in [4.69, 9.17) is 14.2 Å². The number of Topliss-reactive ketones (excluding diaryl/α,β-unsaturated/α-hetero) is 1. The van der Waals surface area contributed by atoms with Crippen LogP contribution in [0.2, 0.25) is 0 Å².